The summed E-state index contributed by atoms with van der Waals surface area (Å²) in [5.41, 5.74) is 5.70. The van der Waals surface area contributed by atoms with Gasteiger partial charge in [-0.2, -0.15) is 0 Å². The molecule has 0 unspecified atom stereocenters. The molecule has 0 radical (unpaired) electrons. The molecule has 1 saturated heterocycles. The monoisotopic (exact) mass is 376 g/mol. The van der Waals surface area contributed by atoms with E-state index in [1.54, 1.807) is 0 Å². The fourth-order valence-electron chi connectivity index (χ4n) is 4.60. The van der Waals surface area contributed by atoms with Crippen molar-refractivity contribution in [2.45, 2.75) is 19.3 Å². The van der Waals surface area contributed by atoms with Crippen molar-refractivity contribution in [2.75, 3.05) is 50.8 Å². The number of aryl methyl sites for hydroxylation is 1. The average molecular weight is 377 g/mol. The number of nitrogens with zero attached hydrogens (tertiary/aromatic N) is 2. The van der Waals surface area contributed by atoms with Crippen LogP contribution in [0, 0.1) is 0 Å². The van der Waals surface area contributed by atoms with E-state index in [2.05, 4.69) is 52.3 Å². The van der Waals surface area contributed by atoms with Crippen LogP contribution in [0.1, 0.15) is 24.0 Å². The molecule has 3 aliphatic rings. The zero-order chi connectivity index (χ0) is 18.8. The van der Waals surface area contributed by atoms with Gasteiger partial charge in [0.25, 0.3) is 0 Å². The summed E-state index contributed by atoms with van der Waals surface area (Å²) in [5.74, 6) is 1.81. The number of rotatable bonds is 4. The summed E-state index contributed by atoms with van der Waals surface area (Å²) in [4.78, 5) is 5.04. The zero-order valence-corrected chi connectivity index (χ0v) is 16.4. The van der Waals surface area contributed by atoms with Crippen molar-refractivity contribution in [1.82, 2.24) is 4.90 Å². The van der Waals surface area contributed by atoms with Crippen LogP contribution in [0.3, 0.4) is 0 Å². The number of hydrogen-bond acceptors (Lipinski definition) is 4. The summed E-state index contributed by atoms with van der Waals surface area (Å²) in [7, 11) is 0. The first-order chi connectivity index (χ1) is 13.9. The lowest BCUT2D eigenvalue weighted by molar-refractivity contribution is 0.171. The van der Waals surface area contributed by atoms with Crippen LogP contribution < -0.4 is 14.4 Å². The van der Waals surface area contributed by atoms with Crippen LogP contribution in [-0.2, 0) is 6.42 Å². The summed E-state index contributed by atoms with van der Waals surface area (Å²) in [6.45, 7) is 6.69. The summed E-state index contributed by atoms with van der Waals surface area (Å²) < 4.78 is 11.6. The van der Waals surface area contributed by atoms with E-state index in [0.29, 0.717) is 13.2 Å². The van der Waals surface area contributed by atoms with Crippen LogP contribution in [0.25, 0.3) is 5.57 Å². The van der Waals surface area contributed by atoms with E-state index in [4.69, 9.17) is 9.47 Å². The molecule has 2 aliphatic heterocycles. The van der Waals surface area contributed by atoms with E-state index in [1.807, 2.05) is 6.07 Å². The van der Waals surface area contributed by atoms with Gasteiger partial charge in [0.2, 0.25) is 0 Å². The second-order valence-electron chi connectivity index (χ2n) is 7.81. The number of benzene rings is 2. The average Bonchev–Trinajstić information content (AvgIpc) is 2.78. The Bertz CT molecular complexity index is 869. The highest BCUT2D eigenvalue weighted by Gasteiger charge is 2.23. The van der Waals surface area contributed by atoms with E-state index >= 15 is 0 Å². The lowest BCUT2D eigenvalue weighted by Gasteiger charge is -2.37. The molecule has 1 fully saturated rings. The molecule has 4 heteroatoms. The third kappa shape index (κ3) is 3.49. The van der Waals surface area contributed by atoms with E-state index in [9.17, 15) is 0 Å². The van der Waals surface area contributed by atoms with Gasteiger partial charge in [-0.25, -0.2) is 0 Å². The van der Waals surface area contributed by atoms with E-state index in [-0.39, 0.29) is 0 Å². The van der Waals surface area contributed by atoms with Gasteiger partial charge in [0.15, 0.2) is 11.5 Å². The van der Waals surface area contributed by atoms with Crippen molar-refractivity contribution in [2.24, 2.45) is 0 Å². The third-order valence-electron chi connectivity index (χ3n) is 6.12. The molecule has 146 valence electrons. The zero-order valence-electron chi connectivity index (χ0n) is 16.4. The molecule has 0 saturated carbocycles. The number of para-hydroxylation sites is 1. The highest BCUT2D eigenvalue weighted by molar-refractivity contribution is 5.70. The molecule has 0 aromatic heterocycles. The van der Waals surface area contributed by atoms with Crippen LogP contribution in [-0.4, -0.2) is 50.8 Å². The quantitative estimate of drug-likeness (QED) is 0.805. The number of piperazine rings is 1. The SMILES string of the molecule is C1=C(CCN2CCN(c3cccc4c3OCCO4)CC2)c2ccccc2CC1. The fraction of sp³-hybridized carbons (Fsp3) is 0.417. The Morgan fingerprint density at radius 1 is 0.857 bits per heavy atom. The third-order valence-corrected chi connectivity index (χ3v) is 6.12. The molecule has 28 heavy (non-hydrogen) atoms. The van der Waals surface area contributed by atoms with Crippen LogP contribution >= 0.6 is 0 Å². The molecule has 1 aliphatic carbocycles. The van der Waals surface area contributed by atoms with Crippen LogP contribution in [0.15, 0.2) is 48.5 Å². The lowest BCUT2D eigenvalue weighted by Crippen LogP contribution is -2.46. The summed E-state index contributed by atoms with van der Waals surface area (Å²) in [6.07, 6.45) is 5.97. The number of ether oxygens (including phenoxy) is 2. The largest absolute Gasteiger partial charge is 0.486 e. The van der Waals surface area contributed by atoms with Gasteiger partial charge in [0.1, 0.15) is 13.2 Å². The first-order valence-corrected chi connectivity index (χ1v) is 10.5. The molecule has 4 nitrogen and oxygen atoms in total. The van der Waals surface area contributed by atoms with E-state index in [1.165, 1.54) is 35.2 Å². The van der Waals surface area contributed by atoms with Gasteiger partial charge in [0.05, 0.1) is 5.69 Å². The van der Waals surface area contributed by atoms with Gasteiger partial charge in [-0.3, -0.25) is 4.90 Å². The Hall–Kier alpha value is -2.46. The maximum absolute atomic E-state index is 5.91. The van der Waals surface area contributed by atoms with Gasteiger partial charge < -0.3 is 14.4 Å². The Morgan fingerprint density at radius 2 is 1.71 bits per heavy atom. The minimum Gasteiger partial charge on any atom is -0.486 e. The first-order valence-electron chi connectivity index (χ1n) is 10.5. The molecule has 0 amide bonds. The Kier molecular flexibility index (Phi) is 4.96. The molecule has 0 spiro atoms. The van der Waals surface area contributed by atoms with Crippen molar-refractivity contribution in [3.05, 3.63) is 59.7 Å². The number of fused-ring (bicyclic) bond motifs is 2. The minimum absolute atomic E-state index is 0.639. The smallest absolute Gasteiger partial charge is 0.184 e. The number of allylic oxidation sites excluding steroid dienone is 1. The molecule has 0 N–H and O–H groups in total. The highest BCUT2D eigenvalue weighted by Crippen LogP contribution is 2.39. The van der Waals surface area contributed by atoms with Crippen molar-refractivity contribution in [3.63, 3.8) is 0 Å². The van der Waals surface area contributed by atoms with Gasteiger partial charge in [-0.1, -0.05) is 36.4 Å². The minimum atomic E-state index is 0.639. The van der Waals surface area contributed by atoms with Crippen LogP contribution in [0.5, 0.6) is 11.5 Å². The molecule has 5 rings (SSSR count). The first kappa shape index (κ1) is 17.6. The van der Waals surface area contributed by atoms with Crippen LogP contribution in [0.2, 0.25) is 0 Å². The Labute approximate surface area is 167 Å². The molecular formula is C24H28N2O2. The van der Waals surface area contributed by atoms with Gasteiger partial charge in [-0.05, 0) is 48.1 Å². The van der Waals surface area contributed by atoms with E-state index in [0.717, 1.165) is 50.6 Å². The summed E-state index contributed by atoms with van der Waals surface area (Å²) in [5, 5.41) is 0. The van der Waals surface area contributed by atoms with Crippen molar-refractivity contribution in [1.29, 1.82) is 0 Å². The predicted octanol–water partition coefficient (Wildman–Crippen LogP) is 4.00. The maximum Gasteiger partial charge on any atom is 0.184 e. The van der Waals surface area contributed by atoms with Gasteiger partial charge in [-0.15, -0.1) is 0 Å². The predicted molar refractivity (Wildman–Crippen MR) is 113 cm³/mol. The Morgan fingerprint density at radius 3 is 2.64 bits per heavy atom. The number of hydrogen-bond donors (Lipinski definition) is 0. The summed E-state index contributed by atoms with van der Waals surface area (Å²) in [6, 6.07) is 15.1. The normalized spacial score (nSPS) is 19.1. The lowest BCUT2D eigenvalue weighted by atomic mass is 9.89. The molecule has 2 heterocycles. The van der Waals surface area contributed by atoms with Gasteiger partial charge >= 0.3 is 0 Å². The second-order valence-corrected chi connectivity index (χ2v) is 7.81. The summed E-state index contributed by atoms with van der Waals surface area (Å²) >= 11 is 0. The van der Waals surface area contributed by atoms with E-state index < -0.39 is 0 Å². The van der Waals surface area contributed by atoms with Crippen molar-refractivity contribution < 1.29 is 9.47 Å². The second kappa shape index (κ2) is 7.88. The molecule has 0 atom stereocenters. The standard InChI is InChI=1S/C24H28N2O2/c1-2-8-21-19(5-1)6-3-7-20(21)11-12-25-13-15-26(16-14-25)22-9-4-10-23-24(22)28-18-17-27-23/h1-2,4-5,7-10H,3,6,11-18H2. The topological polar surface area (TPSA) is 24.9 Å². The number of anilines is 1. The molecular weight excluding hydrogens is 348 g/mol. The maximum atomic E-state index is 5.91. The fourth-order valence-corrected chi connectivity index (χ4v) is 4.60. The van der Waals surface area contributed by atoms with Crippen LogP contribution in [0.4, 0.5) is 5.69 Å². The van der Waals surface area contributed by atoms with Crippen molar-refractivity contribution in [3.8, 4) is 11.5 Å². The van der Waals surface area contributed by atoms with Gasteiger partial charge in [0, 0.05) is 32.7 Å². The highest BCUT2D eigenvalue weighted by atomic mass is 16.6. The molecule has 2 aromatic carbocycles. The molecule has 0 bridgehead atoms. The molecule has 2 aromatic rings. The van der Waals surface area contributed by atoms with Crippen molar-refractivity contribution >= 4 is 11.3 Å². The Balaban J connectivity index is 1.19.